The first-order valence-corrected chi connectivity index (χ1v) is 13.5. The summed E-state index contributed by atoms with van der Waals surface area (Å²) in [6.07, 6.45) is 1.55. The van der Waals surface area contributed by atoms with Crippen LogP contribution >= 0.6 is 57.4 Å². The lowest BCUT2D eigenvalue weighted by atomic mass is 10.1. The van der Waals surface area contributed by atoms with Crippen molar-refractivity contribution >= 4 is 92.1 Å². The predicted octanol–water partition coefficient (Wildman–Crippen LogP) is 5.62. The molecule has 188 valence electrons. The zero-order chi connectivity index (χ0) is 26.9. The summed E-state index contributed by atoms with van der Waals surface area (Å²) in [4.78, 5) is 38.5. The van der Waals surface area contributed by atoms with Crippen LogP contribution in [0.5, 0.6) is 5.75 Å². The molecular weight excluding hydrogens is 718 g/mol. The quantitative estimate of drug-likeness (QED) is 0.148. The maximum Gasteiger partial charge on any atom is 0.335 e. The molecule has 10 heteroatoms. The van der Waals surface area contributed by atoms with E-state index in [1.807, 2.05) is 44.2 Å². The van der Waals surface area contributed by atoms with E-state index in [1.165, 1.54) is 17.0 Å². The highest BCUT2D eigenvalue weighted by atomic mass is 127. The van der Waals surface area contributed by atoms with Gasteiger partial charge in [0, 0.05) is 0 Å². The second-order valence-corrected chi connectivity index (χ2v) is 11.1. The minimum Gasteiger partial charge on any atom is -0.487 e. The molecule has 0 bridgehead atoms. The fourth-order valence-corrected chi connectivity index (χ4v) is 6.25. The van der Waals surface area contributed by atoms with Crippen LogP contribution in [0.25, 0.3) is 6.08 Å². The number of aromatic carboxylic acids is 1. The minimum absolute atomic E-state index is 0.0217. The third-order valence-electron chi connectivity index (χ3n) is 5.48. The van der Waals surface area contributed by atoms with E-state index in [0.717, 1.165) is 23.8 Å². The molecule has 7 nitrogen and oxygen atoms in total. The Morgan fingerprint density at radius 2 is 1.62 bits per heavy atom. The van der Waals surface area contributed by atoms with Gasteiger partial charge < -0.3 is 9.84 Å². The molecule has 0 atom stereocenters. The number of anilines is 1. The standard InChI is InChI=1S/C27H20I2N2O5S/c1-14-7-15(2)9-19(8-14)31-25(33)20(24(32)30-27(31)37)10-17-11-21(28)23(22(29)12-17)36-13-16-3-5-18(6-4-16)26(34)35/h3-12H,13H2,1-2H3,(H,34,35)(H,30,32,37)/b20-10+. The number of thiocarbonyl (C=S) groups is 1. The lowest BCUT2D eigenvalue weighted by Crippen LogP contribution is -2.54. The van der Waals surface area contributed by atoms with Crippen LogP contribution in [0.3, 0.4) is 0 Å². The zero-order valence-corrected chi connectivity index (χ0v) is 24.8. The molecule has 4 rings (SSSR count). The van der Waals surface area contributed by atoms with Crippen molar-refractivity contribution in [2.24, 2.45) is 0 Å². The average Bonchev–Trinajstić information content (AvgIpc) is 2.81. The Balaban J connectivity index is 1.59. The molecule has 0 saturated carbocycles. The highest BCUT2D eigenvalue weighted by molar-refractivity contribution is 14.1. The number of hydrogen-bond donors (Lipinski definition) is 2. The van der Waals surface area contributed by atoms with Crippen LogP contribution in [-0.2, 0) is 16.2 Å². The van der Waals surface area contributed by atoms with Crippen molar-refractivity contribution < 1.29 is 24.2 Å². The molecule has 0 aliphatic carbocycles. The normalized spacial score (nSPS) is 14.6. The SMILES string of the molecule is Cc1cc(C)cc(N2C(=O)/C(=C/c3cc(I)c(OCc4ccc(C(=O)O)cc4)c(I)c3)C(=O)NC2=S)c1. The van der Waals surface area contributed by atoms with Crippen molar-refractivity contribution in [3.8, 4) is 5.75 Å². The van der Waals surface area contributed by atoms with E-state index in [0.29, 0.717) is 17.0 Å². The maximum absolute atomic E-state index is 13.4. The van der Waals surface area contributed by atoms with Gasteiger partial charge in [-0.15, -0.1) is 0 Å². The van der Waals surface area contributed by atoms with E-state index in [-0.39, 0.29) is 22.9 Å². The highest BCUT2D eigenvalue weighted by Crippen LogP contribution is 2.31. The molecule has 1 aliphatic rings. The molecular formula is C27H20I2N2O5S. The number of aryl methyl sites for hydroxylation is 2. The topological polar surface area (TPSA) is 95.9 Å². The number of amides is 2. The van der Waals surface area contributed by atoms with Crippen LogP contribution in [0, 0.1) is 21.0 Å². The van der Waals surface area contributed by atoms with Gasteiger partial charge in [-0.05, 0) is 136 Å². The highest BCUT2D eigenvalue weighted by Gasteiger charge is 2.34. The van der Waals surface area contributed by atoms with Crippen LogP contribution in [-0.4, -0.2) is 28.0 Å². The van der Waals surface area contributed by atoms with Crippen LogP contribution in [0.4, 0.5) is 5.69 Å². The van der Waals surface area contributed by atoms with Gasteiger partial charge in [0.25, 0.3) is 11.8 Å². The van der Waals surface area contributed by atoms with Gasteiger partial charge in [-0.1, -0.05) is 18.2 Å². The molecule has 1 heterocycles. The second kappa shape index (κ2) is 11.3. The number of carboxylic acids is 1. The van der Waals surface area contributed by atoms with Gasteiger partial charge in [-0.3, -0.25) is 19.8 Å². The first-order chi connectivity index (χ1) is 17.5. The largest absolute Gasteiger partial charge is 0.487 e. The Morgan fingerprint density at radius 1 is 1.03 bits per heavy atom. The maximum atomic E-state index is 13.4. The van der Waals surface area contributed by atoms with Crippen molar-refractivity contribution in [2.45, 2.75) is 20.5 Å². The summed E-state index contributed by atoms with van der Waals surface area (Å²) in [5.74, 6) is -1.37. The van der Waals surface area contributed by atoms with Gasteiger partial charge in [0.05, 0.1) is 18.4 Å². The van der Waals surface area contributed by atoms with Gasteiger partial charge in [0.2, 0.25) is 0 Å². The Morgan fingerprint density at radius 3 is 2.19 bits per heavy atom. The van der Waals surface area contributed by atoms with Crippen LogP contribution in [0.1, 0.15) is 32.6 Å². The molecule has 2 amide bonds. The summed E-state index contributed by atoms with van der Waals surface area (Å²) in [5.41, 5.74) is 4.24. The van der Waals surface area contributed by atoms with Crippen LogP contribution in [0.15, 0.2) is 60.2 Å². The summed E-state index contributed by atoms with van der Waals surface area (Å²) in [5, 5.41) is 11.7. The Bertz CT molecular complexity index is 1440. The van der Waals surface area contributed by atoms with E-state index < -0.39 is 17.8 Å². The second-order valence-electron chi connectivity index (χ2n) is 8.41. The van der Waals surface area contributed by atoms with Crippen molar-refractivity contribution in [3.63, 3.8) is 0 Å². The van der Waals surface area contributed by atoms with E-state index >= 15 is 0 Å². The van der Waals surface area contributed by atoms with Gasteiger partial charge in [0.15, 0.2) is 5.11 Å². The summed E-state index contributed by atoms with van der Waals surface area (Å²) >= 11 is 9.60. The average molecular weight is 738 g/mol. The van der Waals surface area contributed by atoms with Crippen molar-refractivity contribution in [2.75, 3.05) is 4.90 Å². The number of carbonyl (C=O) groups excluding carboxylic acids is 2. The molecule has 0 radical (unpaired) electrons. The van der Waals surface area contributed by atoms with E-state index in [1.54, 1.807) is 18.2 Å². The third kappa shape index (κ3) is 6.18. The number of halogens is 2. The molecule has 0 spiro atoms. The number of hydrogen-bond acceptors (Lipinski definition) is 5. The summed E-state index contributed by atoms with van der Waals surface area (Å²) in [6.45, 7) is 4.12. The van der Waals surface area contributed by atoms with Crippen LogP contribution in [0.2, 0.25) is 0 Å². The number of rotatable bonds is 6. The van der Waals surface area contributed by atoms with Crippen molar-refractivity contribution in [3.05, 3.63) is 95.1 Å². The van der Waals surface area contributed by atoms with Crippen molar-refractivity contribution in [1.29, 1.82) is 0 Å². The number of benzene rings is 3. The van der Waals surface area contributed by atoms with Crippen LogP contribution < -0.4 is 15.0 Å². The number of ether oxygens (including phenoxy) is 1. The summed E-state index contributed by atoms with van der Waals surface area (Å²) in [7, 11) is 0. The Kier molecular flexibility index (Phi) is 8.29. The third-order valence-corrected chi connectivity index (χ3v) is 7.37. The minimum atomic E-state index is -0.981. The van der Waals surface area contributed by atoms with E-state index in [4.69, 9.17) is 22.1 Å². The first kappa shape index (κ1) is 27.2. The van der Waals surface area contributed by atoms with Gasteiger partial charge in [-0.2, -0.15) is 0 Å². The molecule has 0 unspecified atom stereocenters. The lowest BCUT2D eigenvalue weighted by Gasteiger charge is -2.29. The smallest absolute Gasteiger partial charge is 0.335 e. The zero-order valence-electron chi connectivity index (χ0n) is 19.7. The molecule has 1 fully saturated rings. The van der Waals surface area contributed by atoms with Crippen molar-refractivity contribution in [1.82, 2.24) is 5.32 Å². The number of nitrogens with one attached hydrogen (secondary N) is 1. The lowest BCUT2D eigenvalue weighted by molar-refractivity contribution is -0.122. The fraction of sp³-hybridized carbons (Fsp3) is 0.111. The monoisotopic (exact) mass is 738 g/mol. The molecule has 3 aromatic carbocycles. The summed E-state index contributed by atoms with van der Waals surface area (Å²) in [6, 6.07) is 15.8. The molecule has 1 saturated heterocycles. The summed E-state index contributed by atoms with van der Waals surface area (Å²) < 4.78 is 7.59. The molecule has 37 heavy (non-hydrogen) atoms. The number of carbonyl (C=O) groups is 3. The van der Waals surface area contributed by atoms with Gasteiger partial charge >= 0.3 is 5.97 Å². The Hall–Kier alpha value is -2.84. The van der Waals surface area contributed by atoms with E-state index in [9.17, 15) is 14.4 Å². The molecule has 1 aliphatic heterocycles. The van der Waals surface area contributed by atoms with Gasteiger partial charge in [0.1, 0.15) is 17.9 Å². The van der Waals surface area contributed by atoms with Gasteiger partial charge in [-0.25, -0.2) is 4.79 Å². The number of nitrogens with zero attached hydrogens (tertiary/aromatic N) is 1. The van der Waals surface area contributed by atoms with E-state index in [2.05, 4.69) is 50.5 Å². The Labute approximate surface area is 246 Å². The fourth-order valence-electron chi connectivity index (χ4n) is 3.84. The molecule has 3 aromatic rings. The predicted molar refractivity (Wildman–Crippen MR) is 162 cm³/mol. The molecule has 0 aromatic heterocycles. The first-order valence-electron chi connectivity index (χ1n) is 11.0. The number of carboxylic acid groups (broad SMARTS) is 1. The molecule has 2 N–H and O–H groups in total.